The Morgan fingerprint density at radius 2 is 2.00 bits per heavy atom. The minimum Gasteiger partial charge on any atom is -0.355 e. The molecule has 2 N–H and O–H groups in total. The highest BCUT2D eigenvalue weighted by molar-refractivity contribution is 7.88. The van der Waals surface area contributed by atoms with Crippen LogP contribution in [-0.4, -0.2) is 39.4 Å². The number of nitrogens with one attached hydrogen (secondary N) is 2. The minimum absolute atomic E-state index is 0.0261. The quantitative estimate of drug-likeness (QED) is 0.439. The van der Waals surface area contributed by atoms with Crippen molar-refractivity contribution in [3.05, 3.63) is 0 Å². The van der Waals surface area contributed by atoms with Gasteiger partial charge in [-0.3, -0.25) is 4.79 Å². The van der Waals surface area contributed by atoms with Crippen molar-refractivity contribution in [2.24, 2.45) is 5.41 Å². The lowest BCUT2D eigenvalue weighted by atomic mass is 10.1. The largest absolute Gasteiger partial charge is 0.355 e. The van der Waals surface area contributed by atoms with E-state index in [-0.39, 0.29) is 17.9 Å². The van der Waals surface area contributed by atoms with Crippen LogP contribution in [0, 0.1) is 5.41 Å². The Balaban J connectivity index is 2.12. The van der Waals surface area contributed by atoms with Crippen LogP contribution in [0.4, 0.5) is 0 Å². The Bertz CT molecular complexity index is 350. The highest BCUT2D eigenvalue weighted by atomic mass is 32.2. The summed E-state index contributed by atoms with van der Waals surface area (Å²) in [5.74, 6) is 0.712. The lowest BCUT2D eigenvalue weighted by Gasteiger charge is -2.11. The third kappa shape index (κ3) is 5.18. The van der Waals surface area contributed by atoms with E-state index in [2.05, 4.69) is 22.7 Å². The molecule has 1 rings (SSSR count). The molecule has 94 valence electrons. The van der Waals surface area contributed by atoms with Gasteiger partial charge in [-0.25, -0.2) is 13.1 Å². The lowest BCUT2D eigenvalue weighted by molar-refractivity contribution is -0.122. The van der Waals surface area contributed by atoms with Gasteiger partial charge in [0.05, 0.1) is 6.26 Å². The first-order chi connectivity index (χ1) is 7.37. The van der Waals surface area contributed by atoms with Gasteiger partial charge in [-0.2, -0.15) is 12.6 Å². The van der Waals surface area contributed by atoms with E-state index in [1.807, 2.05) is 0 Å². The zero-order valence-electron chi connectivity index (χ0n) is 9.32. The van der Waals surface area contributed by atoms with E-state index in [1.54, 1.807) is 0 Å². The van der Waals surface area contributed by atoms with Crippen LogP contribution in [0.15, 0.2) is 0 Å². The Labute approximate surface area is 102 Å². The molecular weight excluding hydrogens is 248 g/mol. The first-order valence-electron chi connectivity index (χ1n) is 5.19. The van der Waals surface area contributed by atoms with Crippen molar-refractivity contribution in [2.75, 3.05) is 25.1 Å². The number of hydrogen-bond acceptors (Lipinski definition) is 4. The Kier molecular flexibility index (Phi) is 4.63. The zero-order chi connectivity index (χ0) is 12.2. The maximum Gasteiger partial charge on any atom is 0.220 e. The van der Waals surface area contributed by atoms with Crippen molar-refractivity contribution in [3.8, 4) is 0 Å². The zero-order valence-corrected chi connectivity index (χ0v) is 11.0. The van der Waals surface area contributed by atoms with Gasteiger partial charge in [-0.1, -0.05) is 0 Å². The third-order valence-corrected chi connectivity index (χ3v) is 4.04. The SMILES string of the molecule is CS(=O)(=O)NCCNC(=O)CC1(CS)CC1. The number of carbonyl (C=O) groups excluding carboxylic acids is 1. The van der Waals surface area contributed by atoms with E-state index < -0.39 is 10.0 Å². The second-order valence-electron chi connectivity index (χ2n) is 4.35. The summed E-state index contributed by atoms with van der Waals surface area (Å²) in [5.41, 5.74) is 0.109. The van der Waals surface area contributed by atoms with Crippen LogP contribution in [0.25, 0.3) is 0 Å². The van der Waals surface area contributed by atoms with E-state index >= 15 is 0 Å². The number of sulfonamides is 1. The van der Waals surface area contributed by atoms with Crippen LogP contribution in [0.5, 0.6) is 0 Å². The summed E-state index contributed by atoms with van der Waals surface area (Å²) in [7, 11) is -3.16. The molecule has 0 unspecified atom stereocenters. The molecule has 0 spiro atoms. The highest BCUT2D eigenvalue weighted by Crippen LogP contribution is 2.49. The molecule has 0 heterocycles. The number of amides is 1. The predicted molar refractivity (Wildman–Crippen MR) is 66.0 cm³/mol. The van der Waals surface area contributed by atoms with Gasteiger partial charge in [0, 0.05) is 19.5 Å². The number of thiol groups is 1. The van der Waals surface area contributed by atoms with Gasteiger partial charge in [0.2, 0.25) is 15.9 Å². The van der Waals surface area contributed by atoms with Gasteiger partial charge in [0.15, 0.2) is 0 Å². The fraction of sp³-hybridized carbons (Fsp3) is 0.889. The second kappa shape index (κ2) is 5.37. The molecule has 16 heavy (non-hydrogen) atoms. The summed E-state index contributed by atoms with van der Waals surface area (Å²) in [6.07, 6.45) is 3.71. The van der Waals surface area contributed by atoms with Crippen LogP contribution in [0.1, 0.15) is 19.3 Å². The molecule has 1 amide bonds. The minimum atomic E-state index is -3.16. The Morgan fingerprint density at radius 1 is 1.38 bits per heavy atom. The van der Waals surface area contributed by atoms with Crippen LogP contribution >= 0.6 is 12.6 Å². The molecule has 0 aromatic rings. The molecule has 0 saturated heterocycles. The summed E-state index contributed by atoms with van der Waals surface area (Å²) in [6.45, 7) is 0.563. The molecule has 0 bridgehead atoms. The lowest BCUT2D eigenvalue weighted by Crippen LogP contribution is -2.35. The van der Waals surface area contributed by atoms with Gasteiger partial charge >= 0.3 is 0 Å². The molecule has 0 atom stereocenters. The molecule has 7 heteroatoms. The average Bonchev–Trinajstić information content (AvgIpc) is 2.92. The molecule has 0 aromatic heterocycles. The molecule has 1 aliphatic rings. The summed E-state index contributed by atoms with van der Waals surface area (Å²) >= 11 is 4.21. The average molecular weight is 266 g/mol. The maximum absolute atomic E-state index is 11.5. The molecule has 1 fully saturated rings. The first kappa shape index (κ1) is 13.8. The van der Waals surface area contributed by atoms with Crippen LogP contribution in [0.2, 0.25) is 0 Å². The molecular formula is C9H18N2O3S2. The summed E-state index contributed by atoms with van der Waals surface area (Å²) in [6, 6.07) is 0. The monoisotopic (exact) mass is 266 g/mol. The van der Waals surface area contributed by atoms with Gasteiger partial charge in [-0.05, 0) is 24.0 Å². The second-order valence-corrected chi connectivity index (χ2v) is 6.50. The highest BCUT2D eigenvalue weighted by Gasteiger charge is 2.42. The normalized spacial score (nSPS) is 18.1. The Morgan fingerprint density at radius 3 is 2.44 bits per heavy atom. The summed E-state index contributed by atoms with van der Waals surface area (Å²) in [4.78, 5) is 11.5. The standard InChI is InChI=1S/C9H18N2O3S2/c1-16(13,14)11-5-4-10-8(12)6-9(7-15)2-3-9/h11,15H,2-7H2,1H3,(H,10,12). The van der Waals surface area contributed by atoms with E-state index in [0.717, 1.165) is 24.9 Å². The fourth-order valence-electron chi connectivity index (χ4n) is 1.41. The maximum atomic E-state index is 11.5. The van der Waals surface area contributed by atoms with Crippen molar-refractivity contribution < 1.29 is 13.2 Å². The van der Waals surface area contributed by atoms with Crippen molar-refractivity contribution in [3.63, 3.8) is 0 Å². The van der Waals surface area contributed by atoms with Crippen molar-refractivity contribution in [1.82, 2.24) is 10.0 Å². The summed E-state index contributed by atoms with van der Waals surface area (Å²) < 4.78 is 23.8. The third-order valence-electron chi connectivity index (χ3n) is 2.64. The number of carbonyl (C=O) groups is 1. The van der Waals surface area contributed by atoms with E-state index in [4.69, 9.17) is 0 Å². The van der Waals surface area contributed by atoms with Gasteiger partial charge in [-0.15, -0.1) is 0 Å². The van der Waals surface area contributed by atoms with Crippen LogP contribution in [-0.2, 0) is 14.8 Å². The molecule has 1 aliphatic carbocycles. The van der Waals surface area contributed by atoms with Crippen molar-refractivity contribution >= 4 is 28.6 Å². The molecule has 1 saturated carbocycles. The smallest absolute Gasteiger partial charge is 0.220 e. The first-order valence-corrected chi connectivity index (χ1v) is 7.71. The number of hydrogen-bond donors (Lipinski definition) is 3. The van der Waals surface area contributed by atoms with Gasteiger partial charge in [0.25, 0.3) is 0 Å². The Hall–Kier alpha value is -0.270. The molecule has 5 nitrogen and oxygen atoms in total. The fourth-order valence-corrected chi connectivity index (χ4v) is 2.31. The van der Waals surface area contributed by atoms with Gasteiger partial charge in [0.1, 0.15) is 0 Å². The van der Waals surface area contributed by atoms with Crippen molar-refractivity contribution in [1.29, 1.82) is 0 Å². The van der Waals surface area contributed by atoms with Gasteiger partial charge < -0.3 is 5.32 Å². The molecule has 0 aromatic carbocycles. The van der Waals surface area contributed by atoms with E-state index in [0.29, 0.717) is 13.0 Å². The van der Waals surface area contributed by atoms with E-state index in [1.165, 1.54) is 0 Å². The molecule has 0 aliphatic heterocycles. The van der Waals surface area contributed by atoms with Crippen molar-refractivity contribution in [2.45, 2.75) is 19.3 Å². The van der Waals surface area contributed by atoms with Crippen LogP contribution < -0.4 is 10.0 Å². The van der Waals surface area contributed by atoms with E-state index in [9.17, 15) is 13.2 Å². The number of rotatable bonds is 7. The topological polar surface area (TPSA) is 75.3 Å². The van der Waals surface area contributed by atoms with Crippen LogP contribution in [0.3, 0.4) is 0 Å². The summed E-state index contributed by atoms with van der Waals surface area (Å²) in [5, 5.41) is 2.69. The molecule has 0 radical (unpaired) electrons. The predicted octanol–water partition coefficient (Wildman–Crippen LogP) is -0.248.